The number of rotatable bonds is 2. The molecule has 1 N–H and O–H groups in total. The van der Waals surface area contributed by atoms with E-state index in [0.717, 1.165) is 31.9 Å². The van der Waals surface area contributed by atoms with Gasteiger partial charge in [0.2, 0.25) is 0 Å². The molecule has 0 bridgehead atoms. The second-order valence-electron chi connectivity index (χ2n) is 6.12. The average Bonchev–Trinajstić information content (AvgIpc) is 2.99. The van der Waals surface area contributed by atoms with E-state index in [9.17, 15) is 4.79 Å². The van der Waals surface area contributed by atoms with Crippen molar-refractivity contribution in [1.82, 2.24) is 20.0 Å². The summed E-state index contributed by atoms with van der Waals surface area (Å²) in [7, 11) is 1.91. The fourth-order valence-corrected chi connectivity index (χ4v) is 3.31. The van der Waals surface area contributed by atoms with Crippen molar-refractivity contribution < 1.29 is 4.79 Å². The molecule has 5 nitrogen and oxygen atoms in total. The second-order valence-corrected chi connectivity index (χ2v) is 6.12. The van der Waals surface area contributed by atoms with Gasteiger partial charge in [-0.05, 0) is 23.8 Å². The van der Waals surface area contributed by atoms with Gasteiger partial charge in [0.1, 0.15) is 0 Å². The standard InChI is InChI=1S/C14H22N4O.ClH/c1-9(2)13-4-12(16-17(13)3)14(19)18-7-10-5-15-6-11(10)8-18;/h4,9-11,15H,5-8H2,1-3H3;1H/t10-,11+;. The Hall–Kier alpha value is -1.07. The molecule has 2 aliphatic rings. The zero-order valence-electron chi connectivity index (χ0n) is 12.3. The first-order valence-corrected chi connectivity index (χ1v) is 7.10. The Morgan fingerprint density at radius 3 is 2.45 bits per heavy atom. The number of hydrogen-bond donors (Lipinski definition) is 1. The van der Waals surface area contributed by atoms with Gasteiger partial charge in [-0.25, -0.2) is 0 Å². The number of nitrogens with zero attached hydrogens (tertiary/aromatic N) is 3. The van der Waals surface area contributed by atoms with E-state index in [4.69, 9.17) is 0 Å². The Balaban J connectivity index is 0.00000147. The van der Waals surface area contributed by atoms with Crippen LogP contribution >= 0.6 is 12.4 Å². The third kappa shape index (κ3) is 2.56. The summed E-state index contributed by atoms with van der Waals surface area (Å²) >= 11 is 0. The Bertz CT molecular complexity index is 487. The molecule has 0 aromatic carbocycles. The fraction of sp³-hybridized carbons (Fsp3) is 0.714. The molecule has 6 heteroatoms. The van der Waals surface area contributed by atoms with Crippen molar-refractivity contribution in [3.63, 3.8) is 0 Å². The Morgan fingerprint density at radius 2 is 1.95 bits per heavy atom. The number of carbonyl (C=O) groups is 1. The molecule has 2 saturated heterocycles. The monoisotopic (exact) mass is 298 g/mol. The van der Waals surface area contributed by atoms with Gasteiger partial charge >= 0.3 is 0 Å². The van der Waals surface area contributed by atoms with Crippen LogP contribution in [0, 0.1) is 11.8 Å². The van der Waals surface area contributed by atoms with Gasteiger partial charge in [0.05, 0.1) is 0 Å². The van der Waals surface area contributed by atoms with Crippen LogP contribution in [-0.4, -0.2) is 46.8 Å². The molecule has 112 valence electrons. The molecule has 0 aliphatic carbocycles. The molecular weight excluding hydrogens is 276 g/mol. The topological polar surface area (TPSA) is 50.2 Å². The highest BCUT2D eigenvalue weighted by Gasteiger charge is 2.38. The summed E-state index contributed by atoms with van der Waals surface area (Å²) in [6.07, 6.45) is 0. The molecule has 2 fully saturated rings. The van der Waals surface area contributed by atoms with Gasteiger partial charge in [0.15, 0.2) is 5.69 Å². The van der Waals surface area contributed by atoms with Gasteiger partial charge in [-0.15, -0.1) is 12.4 Å². The molecule has 0 radical (unpaired) electrons. The minimum atomic E-state index is 0. The van der Waals surface area contributed by atoms with Crippen molar-refractivity contribution in [2.45, 2.75) is 19.8 Å². The van der Waals surface area contributed by atoms with Crippen molar-refractivity contribution in [3.8, 4) is 0 Å². The van der Waals surface area contributed by atoms with Crippen molar-refractivity contribution in [1.29, 1.82) is 0 Å². The van der Waals surface area contributed by atoms with Crippen LogP contribution in [0.2, 0.25) is 0 Å². The maximum absolute atomic E-state index is 12.5. The van der Waals surface area contributed by atoms with E-state index in [1.807, 2.05) is 22.7 Å². The smallest absolute Gasteiger partial charge is 0.274 e. The number of likely N-dealkylation sites (tertiary alicyclic amines) is 1. The lowest BCUT2D eigenvalue weighted by Gasteiger charge is -2.15. The first-order valence-electron chi connectivity index (χ1n) is 7.10. The SMILES string of the molecule is CC(C)c1cc(C(=O)N2C[C@H]3CNC[C@H]3C2)nn1C.Cl. The van der Waals surface area contributed by atoms with Crippen molar-refractivity contribution in [2.24, 2.45) is 18.9 Å². The van der Waals surface area contributed by atoms with Gasteiger partial charge in [-0.2, -0.15) is 5.10 Å². The van der Waals surface area contributed by atoms with E-state index < -0.39 is 0 Å². The van der Waals surface area contributed by atoms with Gasteiger partial charge in [-0.1, -0.05) is 13.8 Å². The summed E-state index contributed by atoms with van der Waals surface area (Å²) in [4.78, 5) is 14.5. The van der Waals surface area contributed by atoms with Crippen LogP contribution in [0.4, 0.5) is 0 Å². The largest absolute Gasteiger partial charge is 0.337 e. The lowest BCUT2D eigenvalue weighted by molar-refractivity contribution is 0.0775. The normalized spacial score (nSPS) is 24.9. The lowest BCUT2D eigenvalue weighted by Crippen LogP contribution is -2.32. The Morgan fingerprint density at radius 1 is 1.35 bits per heavy atom. The third-order valence-electron chi connectivity index (χ3n) is 4.40. The molecule has 0 spiro atoms. The van der Waals surface area contributed by atoms with Gasteiger partial charge in [0.25, 0.3) is 5.91 Å². The number of nitrogens with one attached hydrogen (secondary N) is 1. The van der Waals surface area contributed by atoms with Crippen LogP contribution < -0.4 is 5.32 Å². The molecular formula is C14H23ClN4O. The maximum atomic E-state index is 12.5. The first kappa shape index (κ1) is 15.3. The van der Waals surface area contributed by atoms with Gasteiger partial charge in [0, 0.05) is 38.9 Å². The molecule has 0 unspecified atom stereocenters. The van der Waals surface area contributed by atoms with Crippen LogP contribution in [0.5, 0.6) is 0 Å². The molecule has 0 saturated carbocycles. The molecule has 2 atom stereocenters. The van der Waals surface area contributed by atoms with Crippen LogP contribution in [0.1, 0.15) is 35.9 Å². The predicted molar refractivity (Wildman–Crippen MR) is 80.3 cm³/mol. The number of hydrogen-bond acceptors (Lipinski definition) is 3. The van der Waals surface area contributed by atoms with E-state index in [2.05, 4.69) is 24.3 Å². The summed E-state index contributed by atoms with van der Waals surface area (Å²) in [6.45, 7) is 8.10. The van der Waals surface area contributed by atoms with E-state index in [1.54, 1.807) is 0 Å². The summed E-state index contributed by atoms with van der Waals surface area (Å²) < 4.78 is 1.83. The molecule has 1 aromatic heterocycles. The van der Waals surface area contributed by atoms with E-state index in [-0.39, 0.29) is 18.3 Å². The lowest BCUT2D eigenvalue weighted by atomic mass is 10.0. The molecule has 2 aliphatic heterocycles. The number of amides is 1. The minimum Gasteiger partial charge on any atom is -0.337 e. The highest BCUT2D eigenvalue weighted by molar-refractivity contribution is 5.92. The average molecular weight is 299 g/mol. The quantitative estimate of drug-likeness (QED) is 0.894. The Labute approximate surface area is 126 Å². The predicted octanol–water partition coefficient (Wildman–Crippen LogP) is 1.26. The van der Waals surface area contributed by atoms with E-state index in [0.29, 0.717) is 23.4 Å². The summed E-state index contributed by atoms with van der Waals surface area (Å²) in [5, 5.41) is 7.77. The van der Waals surface area contributed by atoms with Crippen LogP contribution in [0.25, 0.3) is 0 Å². The second kappa shape index (κ2) is 5.74. The number of carbonyl (C=O) groups excluding carboxylic acids is 1. The molecule has 3 heterocycles. The van der Waals surface area contributed by atoms with Gasteiger partial charge in [-0.3, -0.25) is 9.48 Å². The molecule has 1 amide bonds. The highest BCUT2D eigenvalue weighted by atomic mass is 35.5. The first-order chi connectivity index (χ1) is 9.06. The van der Waals surface area contributed by atoms with Crippen LogP contribution in [0.15, 0.2) is 6.07 Å². The number of aryl methyl sites for hydroxylation is 1. The highest BCUT2D eigenvalue weighted by Crippen LogP contribution is 2.27. The van der Waals surface area contributed by atoms with Crippen molar-refractivity contribution in [3.05, 3.63) is 17.5 Å². The molecule has 3 rings (SSSR count). The number of aromatic nitrogens is 2. The summed E-state index contributed by atoms with van der Waals surface area (Å²) in [5.74, 6) is 1.76. The maximum Gasteiger partial charge on any atom is 0.274 e. The van der Waals surface area contributed by atoms with Crippen LogP contribution in [0.3, 0.4) is 0 Å². The molecule has 20 heavy (non-hydrogen) atoms. The zero-order chi connectivity index (χ0) is 13.6. The minimum absolute atomic E-state index is 0. The number of fused-ring (bicyclic) bond motifs is 1. The summed E-state index contributed by atoms with van der Waals surface area (Å²) in [6, 6.07) is 1.94. The van der Waals surface area contributed by atoms with Crippen LogP contribution in [-0.2, 0) is 7.05 Å². The third-order valence-corrected chi connectivity index (χ3v) is 4.40. The Kier molecular flexibility index (Phi) is 4.39. The van der Waals surface area contributed by atoms with E-state index in [1.165, 1.54) is 0 Å². The summed E-state index contributed by atoms with van der Waals surface area (Å²) in [5.41, 5.74) is 1.71. The van der Waals surface area contributed by atoms with Crippen molar-refractivity contribution in [2.75, 3.05) is 26.2 Å². The fourth-order valence-electron chi connectivity index (χ4n) is 3.31. The van der Waals surface area contributed by atoms with Crippen molar-refractivity contribution >= 4 is 18.3 Å². The zero-order valence-corrected chi connectivity index (χ0v) is 13.1. The number of halogens is 1. The van der Waals surface area contributed by atoms with Gasteiger partial charge < -0.3 is 10.2 Å². The molecule has 1 aromatic rings. The van der Waals surface area contributed by atoms with E-state index >= 15 is 0 Å².